The Kier molecular flexibility index (Phi) is 5.57. The number of nitrogens with one attached hydrogen (secondary N) is 1. The van der Waals surface area contributed by atoms with Gasteiger partial charge in [-0.3, -0.25) is 14.9 Å². The van der Waals surface area contributed by atoms with E-state index in [0.717, 1.165) is 18.2 Å². The summed E-state index contributed by atoms with van der Waals surface area (Å²) in [6.45, 7) is 3.82. The van der Waals surface area contributed by atoms with Gasteiger partial charge in [-0.2, -0.15) is 0 Å². The third kappa shape index (κ3) is 4.58. The first kappa shape index (κ1) is 16.0. The number of halogens is 1. The maximum absolute atomic E-state index is 13.5. The van der Waals surface area contributed by atoms with Crippen LogP contribution in [0.5, 0.6) is 0 Å². The summed E-state index contributed by atoms with van der Waals surface area (Å²) < 4.78 is 13.5. The summed E-state index contributed by atoms with van der Waals surface area (Å²) in [4.78, 5) is 21.6. The summed E-state index contributed by atoms with van der Waals surface area (Å²) >= 11 is 0. The fourth-order valence-electron chi connectivity index (χ4n) is 1.73. The van der Waals surface area contributed by atoms with Gasteiger partial charge in [0.05, 0.1) is 16.6 Å². The molecular formula is C13H17FN2O4. The predicted molar refractivity (Wildman–Crippen MR) is 70.8 cm³/mol. The first-order valence-electron chi connectivity index (χ1n) is 6.21. The van der Waals surface area contributed by atoms with Gasteiger partial charge in [0.2, 0.25) is 0 Å². The molecule has 0 aliphatic heterocycles. The Hall–Kier alpha value is -2.02. The number of hydrogen-bond acceptors (Lipinski definition) is 4. The van der Waals surface area contributed by atoms with Gasteiger partial charge in [-0.25, -0.2) is 4.39 Å². The van der Waals surface area contributed by atoms with Crippen molar-refractivity contribution in [3.8, 4) is 0 Å². The Morgan fingerprint density at radius 1 is 1.50 bits per heavy atom. The summed E-state index contributed by atoms with van der Waals surface area (Å²) in [7, 11) is 0. The molecule has 2 N–H and O–H groups in total. The van der Waals surface area contributed by atoms with E-state index in [4.69, 9.17) is 0 Å². The number of carbonyl (C=O) groups is 1. The molecule has 1 amide bonds. The van der Waals surface area contributed by atoms with Gasteiger partial charge >= 0.3 is 0 Å². The fraction of sp³-hybridized carbons (Fsp3) is 0.462. The molecule has 7 heteroatoms. The smallest absolute Gasteiger partial charge is 0.270 e. The van der Waals surface area contributed by atoms with Crippen molar-refractivity contribution in [1.29, 1.82) is 0 Å². The molecule has 0 saturated heterocycles. The van der Waals surface area contributed by atoms with E-state index in [1.165, 1.54) is 0 Å². The zero-order valence-corrected chi connectivity index (χ0v) is 11.3. The average molecular weight is 284 g/mol. The molecule has 1 aromatic rings. The molecule has 0 bridgehead atoms. The Morgan fingerprint density at radius 3 is 2.70 bits per heavy atom. The number of aliphatic hydroxyl groups excluding tert-OH is 1. The van der Waals surface area contributed by atoms with Crippen LogP contribution in [0.25, 0.3) is 0 Å². The zero-order valence-electron chi connectivity index (χ0n) is 11.3. The van der Waals surface area contributed by atoms with Crippen LogP contribution in [0, 0.1) is 21.8 Å². The Bertz CT molecular complexity index is 505. The third-order valence-electron chi connectivity index (χ3n) is 2.65. The van der Waals surface area contributed by atoms with Gasteiger partial charge in [-0.1, -0.05) is 13.8 Å². The molecule has 1 rings (SSSR count). The normalized spacial score (nSPS) is 12.2. The molecule has 0 aromatic heterocycles. The summed E-state index contributed by atoms with van der Waals surface area (Å²) in [5.41, 5.74) is -0.768. The Labute approximate surface area is 115 Å². The van der Waals surface area contributed by atoms with Crippen LogP contribution in [0.3, 0.4) is 0 Å². The molecule has 0 aliphatic rings. The highest BCUT2D eigenvalue weighted by atomic mass is 19.1. The van der Waals surface area contributed by atoms with Gasteiger partial charge in [-0.05, 0) is 18.4 Å². The summed E-state index contributed by atoms with van der Waals surface area (Å²) in [6.07, 6.45) is -0.238. The van der Waals surface area contributed by atoms with Crippen molar-refractivity contribution in [3.63, 3.8) is 0 Å². The summed E-state index contributed by atoms with van der Waals surface area (Å²) in [6, 6.07) is 2.73. The van der Waals surface area contributed by atoms with Crippen molar-refractivity contribution < 1.29 is 19.2 Å². The maximum atomic E-state index is 13.5. The first-order valence-corrected chi connectivity index (χ1v) is 6.21. The zero-order chi connectivity index (χ0) is 15.3. The van der Waals surface area contributed by atoms with Crippen LogP contribution in [0.2, 0.25) is 0 Å². The van der Waals surface area contributed by atoms with Gasteiger partial charge in [0, 0.05) is 18.7 Å². The lowest BCUT2D eigenvalue weighted by Gasteiger charge is -2.14. The number of hydrogen-bond donors (Lipinski definition) is 2. The third-order valence-corrected chi connectivity index (χ3v) is 2.65. The van der Waals surface area contributed by atoms with Crippen molar-refractivity contribution in [1.82, 2.24) is 5.32 Å². The lowest BCUT2D eigenvalue weighted by Crippen LogP contribution is -2.33. The lowest BCUT2D eigenvalue weighted by atomic mass is 10.1. The molecular weight excluding hydrogens is 267 g/mol. The van der Waals surface area contributed by atoms with Gasteiger partial charge in [0.15, 0.2) is 0 Å². The number of rotatable bonds is 6. The molecule has 0 saturated carbocycles. The van der Waals surface area contributed by atoms with Gasteiger partial charge < -0.3 is 10.4 Å². The molecule has 0 aliphatic carbocycles. The van der Waals surface area contributed by atoms with Crippen LogP contribution >= 0.6 is 0 Å². The number of non-ortho nitro benzene ring substituents is 1. The van der Waals surface area contributed by atoms with Crippen molar-refractivity contribution >= 4 is 11.6 Å². The van der Waals surface area contributed by atoms with E-state index < -0.39 is 28.3 Å². The number of benzene rings is 1. The van der Waals surface area contributed by atoms with Crippen LogP contribution in [0.4, 0.5) is 10.1 Å². The SMILES string of the molecule is CC(C)CC(O)CNC(=O)c1cc([N+](=O)[O-])ccc1F. The van der Waals surface area contributed by atoms with E-state index in [1.807, 2.05) is 13.8 Å². The van der Waals surface area contributed by atoms with Crippen molar-refractivity contribution in [2.45, 2.75) is 26.4 Å². The van der Waals surface area contributed by atoms with E-state index in [1.54, 1.807) is 0 Å². The van der Waals surface area contributed by atoms with Crippen LogP contribution in [-0.4, -0.2) is 28.6 Å². The van der Waals surface area contributed by atoms with E-state index >= 15 is 0 Å². The fourth-order valence-corrected chi connectivity index (χ4v) is 1.73. The standard InChI is InChI=1S/C13H17FN2O4/c1-8(2)5-10(17)7-15-13(18)11-6-9(16(19)20)3-4-12(11)14/h3-4,6,8,10,17H,5,7H2,1-2H3,(H,15,18). The Balaban J connectivity index is 2.72. The maximum Gasteiger partial charge on any atom is 0.270 e. The molecule has 0 radical (unpaired) electrons. The van der Waals surface area contributed by atoms with Crippen molar-refractivity contribution in [3.05, 3.63) is 39.7 Å². The van der Waals surface area contributed by atoms with Crippen LogP contribution in [0.15, 0.2) is 18.2 Å². The first-order chi connectivity index (χ1) is 9.31. The number of carbonyl (C=O) groups excluding carboxylic acids is 1. The molecule has 20 heavy (non-hydrogen) atoms. The minimum absolute atomic E-state index is 0.0286. The van der Waals surface area contributed by atoms with E-state index in [9.17, 15) is 24.4 Å². The second-order valence-electron chi connectivity index (χ2n) is 4.91. The number of amides is 1. The quantitative estimate of drug-likeness (QED) is 0.616. The van der Waals surface area contributed by atoms with E-state index in [2.05, 4.69) is 5.32 Å². The molecule has 0 heterocycles. The molecule has 110 valence electrons. The van der Waals surface area contributed by atoms with Crippen LogP contribution in [-0.2, 0) is 0 Å². The minimum Gasteiger partial charge on any atom is -0.391 e. The molecule has 1 unspecified atom stereocenters. The number of aliphatic hydroxyl groups is 1. The second kappa shape index (κ2) is 6.95. The van der Waals surface area contributed by atoms with E-state index in [0.29, 0.717) is 6.42 Å². The van der Waals surface area contributed by atoms with Crippen LogP contribution < -0.4 is 5.32 Å². The minimum atomic E-state index is -0.841. The number of nitro groups is 1. The van der Waals surface area contributed by atoms with Gasteiger partial charge in [0.1, 0.15) is 5.82 Å². The lowest BCUT2D eigenvalue weighted by molar-refractivity contribution is -0.384. The number of nitro benzene ring substituents is 1. The monoisotopic (exact) mass is 284 g/mol. The highest BCUT2D eigenvalue weighted by molar-refractivity contribution is 5.95. The summed E-state index contributed by atoms with van der Waals surface area (Å²) in [5.74, 6) is -1.36. The average Bonchev–Trinajstić information content (AvgIpc) is 2.35. The van der Waals surface area contributed by atoms with Gasteiger partial charge in [0.25, 0.3) is 11.6 Å². The van der Waals surface area contributed by atoms with Gasteiger partial charge in [-0.15, -0.1) is 0 Å². The molecule has 0 fully saturated rings. The largest absolute Gasteiger partial charge is 0.391 e. The molecule has 0 spiro atoms. The molecule has 6 nitrogen and oxygen atoms in total. The van der Waals surface area contributed by atoms with Crippen molar-refractivity contribution in [2.24, 2.45) is 5.92 Å². The van der Waals surface area contributed by atoms with Crippen molar-refractivity contribution in [2.75, 3.05) is 6.54 Å². The highest BCUT2D eigenvalue weighted by Gasteiger charge is 2.17. The molecule has 1 aromatic carbocycles. The number of nitrogens with zero attached hydrogens (tertiary/aromatic N) is 1. The Morgan fingerprint density at radius 2 is 2.15 bits per heavy atom. The highest BCUT2D eigenvalue weighted by Crippen LogP contribution is 2.16. The van der Waals surface area contributed by atoms with Crippen LogP contribution in [0.1, 0.15) is 30.6 Å². The second-order valence-corrected chi connectivity index (χ2v) is 4.91. The predicted octanol–water partition coefficient (Wildman–Crippen LogP) is 1.87. The summed E-state index contributed by atoms with van der Waals surface area (Å²) in [5, 5.41) is 22.6. The topological polar surface area (TPSA) is 92.5 Å². The molecule has 1 atom stereocenters. The van der Waals surface area contributed by atoms with E-state index in [-0.39, 0.29) is 18.2 Å².